The molecule has 0 bridgehead atoms. The highest BCUT2D eigenvalue weighted by molar-refractivity contribution is 6.07. The second-order valence-electron chi connectivity index (χ2n) is 7.31. The van der Waals surface area contributed by atoms with Crippen molar-refractivity contribution in [1.82, 2.24) is 10.9 Å². The van der Waals surface area contributed by atoms with E-state index in [1.54, 1.807) is 6.92 Å². The number of hydrogen-bond donors (Lipinski definition) is 3. The van der Waals surface area contributed by atoms with Crippen molar-refractivity contribution < 1.29 is 23.6 Å². The molecule has 0 aliphatic heterocycles. The van der Waals surface area contributed by atoms with Crippen molar-refractivity contribution >= 4 is 17.5 Å². The Morgan fingerprint density at radius 2 is 1.85 bits per heavy atom. The van der Waals surface area contributed by atoms with E-state index in [9.17, 15) is 19.2 Å². The van der Waals surface area contributed by atoms with Crippen LogP contribution in [-0.4, -0.2) is 22.7 Å². The van der Waals surface area contributed by atoms with Crippen LogP contribution in [0.5, 0.6) is 0 Å². The Bertz CT molecular complexity index is 946. The van der Waals surface area contributed by atoms with Gasteiger partial charge in [0.25, 0.3) is 5.91 Å². The van der Waals surface area contributed by atoms with Gasteiger partial charge in [0.05, 0.1) is 11.3 Å². The third-order valence-electron chi connectivity index (χ3n) is 4.53. The van der Waals surface area contributed by atoms with Gasteiger partial charge in [-0.2, -0.15) is 0 Å². The molecular weight excluding hydrogens is 353 g/mol. The molecule has 142 valence electrons. The molecule has 1 aromatic heterocycles. The molecule has 1 heterocycles. The first-order valence-corrected chi connectivity index (χ1v) is 8.42. The van der Waals surface area contributed by atoms with E-state index in [1.165, 1.54) is 18.2 Å². The summed E-state index contributed by atoms with van der Waals surface area (Å²) in [5.41, 5.74) is 5.62. The van der Waals surface area contributed by atoms with E-state index in [0.29, 0.717) is 35.4 Å². The molecule has 27 heavy (non-hydrogen) atoms. The number of halogens is 1. The van der Waals surface area contributed by atoms with Gasteiger partial charge in [-0.3, -0.25) is 20.4 Å². The quantitative estimate of drug-likeness (QED) is 0.556. The van der Waals surface area contributed by atoms with Gasteiger partial charge in [-0.1, -0.05) is 31.1 Å². The smallest absolute Gasteiger partial charge is 0.305 e. The second kappa shape index (κ2) is 6.86. The molecule has 3 rings (SSSR count). The number of rotatable bonds is 2. The number of hydrazine groups is 1. The lowest BCUT2D eigenvalue weighted by Crippen LogP contribution is -2.42. The van der Waals surface area contributed by atoms with Gasteiger partial charge in [-0.15, -0.1) is 0 Å². The fraction of sp³-hybridized carbons (Fsp3) is 0.316. The predicted octanol–water partition coefficient (Wildman–Crippen LogP) is 2.95. The standard InChI is InChI=1S/C19H20FN3O4/c1-10-15-13(23-26)8-19(2,3)9-14(15)27-16(10)18(25)22-21-17(24)11-6-4-5-7-12(11)20/h4-7,26H,8-9H2,1-3H3,(H,21,24)(H,22,25)/b23-13-. The zero-order valence-electron chi connectivity index (χ0n) is 15.2. The SMILES string of the molecule is Cc1c(C(=O)NNC(=O)c2ccccc2F)oc2c1/C(=N\O)CC(C)(C)C2. The van der Waals surface area contributed by atoms with Crippen LogP contribution in [0.15, 0.2) is 33.8 Å². The number of carbonyl (C=O) groups is 2. The Morgan fingerprint density at radius 1 is 1.19 bits per heavy atom. The Kier molecular flexibility index (Phi) is 4.73. The lowest BCUT2D eigenvalue weighted by atomic mass is 9.75. The van der Waals surface area contributed by atoms with Crippen LogP contribution in [0, 0.1) is 18.2 Å². The molecule has 0 saturated carbocycles. The summed E-state index contributed by atoms with van der Waals surface area (Å²) >= 11 is 0. The minimum Gasteiger partial charge on any atom is -0.455 e. The molecular formula is C19H20FN3O4. The second-order valence-corrected chi connectivity index (χ2v) is 7.31. The van der Waals surface area contributed by atoms with Crippen LogP contribution in [0.3, 0.4) is 0 Å². The number of carbonyl (C=O) groups excluding carboxylic acids is 2. The van der Waals surface area contributed by atoms with Gasteiger partial charge >= 0.3 is 5.91 Å². The molecule has 0 fully saturated rings. The predicted molar refractivity (Wildman–Crippen MR) is 95.2 cm³/mol. The Labute approximate surface area is 155 Å². The topological polar surface area (TPSA) is 104 Å². The number of amides is 2. The number of nitrogens with zero attached hydrogens (tertiary/aromatic N) is 1. The summed E-state index contributed by atoms with van der Waals surface area (Å²) in [6.45, 7) is 5.69. The number of oxime groups is 1. The van der Waals surface area contributed by atoms with Gasteiger partial charge in [0.15, 0.2) is 5.76 Å². The van der Waals surface area contributed by atoms with Crippen LogP contribution in [-0.2, 0) is 6.42 Å². The largest absolute Gasteiger partial charge is 0.455 e. The van der Waals surface area contributed by atoms with Gasteiger partial charge in [0.1, 0.15) is 11.6 Å². The van der Waals surface area contributed by atoms with Crippen LogP contribution in [0.2, 0.25) is 0 Å². The van der Waals surface area contributed by atoms with Gasteiger partial charge < -0.3 is 9.62 Å². The summed E-state index contributed by atoms with van der Waals surface area (Å²) < 4.78 is 19.3. The number of furan rings is 1. The summed E-state index contributed by atoms with van der Waals surface area (Å²) in [5.74, 6) is -1.59. The minimum atomic E-state index is -0.783. The summed E-state index contributed by atoms with van der Waals surface area (Å²) in [6.07, 6.45) is 1.12. The summed E-state index contributed by atoms with van der Waals surface area (Å²) in [5, 5.41) is 12.7. The third kappa shape index (κ3) is 3.55. The summed E-state index contributed by atoms with van der Waals surface area (Å²) in [7, 11) is 0. The maximum absolute atomic E-state index is 13.6. The van der Waals surface area contributed by atoms with Crippen molar-refractivity contribution in [2.24, 2.45) is 10.6 Å². The normalized spacial score (nSPS) is 16.7. The van der Waals surface area contributed by atoms with E-state index < -0.39 is 17.6 Å². The molecule has 0 spiro atoms. The number of fused-ring (bicyclic) bond motifs is 1. The highest BCUT2D eigenvalue weighted by Crippen LogP contribution is 2.38. The number of benzene rings is 1. The van der Waals surface area contributed by atoms with Crippen molar-refractivity contribution in [2.45, 2.75) is 33.6 Å². The summed E-state index contributed by atoms with van der Waals surface area (Å²) in [4.78, 5) is 24.5. The molecule has 0 radical (unpaired) electrons. The molecule has 0 saturated heterocycles. The van der Waals surface area contributed by atoms with Crippen molar-refractivity contribution in [3.05, 3.63) is 58.3 Å². The van der Waals surface area contributed by atoms with Crippen molar-refractivity contribution in [3.8, 4) is 0 Å². The highest BCUT2D eigenvalue weighted by atomic mass is 19.1. The van der Waals surface area contributed by atoms with Gasteiger partial charge in [0.2, 0.25) is 0 Å². The molecule has 2 amide bonds. The maximum atomic E-state index is 13.6. The van der Waals surface area contributed by atoms with E-state index in [2.05, 4.69) is 16.0 Å². The van der Waals surface area contributed by atoms with Crippen LogP contribution in [0.25, 0.3) is 0 Å². The molecule has 8 heteroatoms. The average molecular weight is 373 g/mol. The fourth-order valence-corrected chi connectivity index (χ4v) is 3.30. The number of hydrogen-bond acceptors (Lipinski definition) is 5. The van der Waals surface area contributed by atoms with E-state index in [4.69, 9.17) is 4.42 Å². The average Bonchev–Trinajstić information content (AvgIpc) is 2.94. The van der Waals surface area contributed by atoms with E-state index >= 15 is 0 Å². The van der Waals surface area contributed by atoms with Crippen LogP contribution < -0.4 is 10.9 Å². The molecule has 1 aliphatic rings. The summed E-state index contributed by atoms with van der Waals surface area (Å²) in [6, 6.07) is 5.43. The van der Waals surface area contributed by atoms with Crippen molar-refractivity contribution in [1.29, 1.82) is 0 Å². The molecule has 3 N–H and O–H groups in total. The van der Waals surface area contributed by atoms with Crippen LogP contribution in [0.4, 0.5) is 4.39 Å². The molecule has 2 aromatic rings. The first kappa shape index (κ1) is 18.6. The zero-order chi connectivity index (χ0) is 19.8. The van der Waals surface area contributed by atoms with Gasteiger partial charge in [-0.05, 0) is 30.9 Å². The van der Waals surface area contributed by atoms with Gasteiger partial charge in [-0.25, -0.2) is 4.39 Å². The zero-order valence-corrected chi connectivity index (χ0v) is 15.2. The first-order chi connectivity index (χ1) is 12.7. The Balaban J connectivity index is 1.80. The first-order valence-electron chi connectivity index (χ1n) is 8.42. The van der Waals surface area contributed by atoms with E-state index in [1.807, 2.05) is 13.8 Å². The van der Waals surface area contributed by atoms with Crippen LogP contribution in [0.1, 0.15) is 58.1 Å². The molecule has 0 unspecified atom stereocenters. The van der Waals surface area contributed by atoms with Gasteiger partial charge in [0, 0.05) is 17.5 Å². The highest BCUT2D eigenvalue weighted by Gasteiger charge is 2.36. The minimum absolute atomic E-state index is 0.00711. The monoisotopic (exact) mass is 373 g/mol. The van der Waals surface area contributed by atoms with Crippen molar-refractivity contribution in [3.63, 3.8) is 0 Å². The number of nitrogens with one attached hydrogen (secondary N) is 2. The molecule has 0 atom stereocenters. The van der Waals surface area contributed by atoms with E-state index in [0.717, 1.165) is 6.07 Å². The third-order valence-corrected chi connectivity index (χ3v) is 4.53. The Morgan fingerprint density at radius 3 is 2.52 bits per heavy atom. The maximum Gasteiger partial charge on any atom is 0.305 e. The van der Waals surface area contributed by atoms with Crippen molar-refractivity contribution in [2.75, 3.05) is 0 Å². The fourth-order valence-electron chi connectivity index (χ4n) is 3.30. The Hall–Kier alpha value is -3.16. The van der Waals surface area contributed by atoms with Crippen LogP contribution >= 0.6 is 0 Å². The molecule has 7 nitrogen and oxygen atoms in total. The molecule has 1 aromatic carbocycles. The lowest BCUT2D eigenvalue weighted by molar-refractivity contribution is 0.0826. The lowest BCUT2D eigenvalue weighted by Gasteiger charge is -2.28. The van der Waals surface area contributed by atoms with E-state index in [-0.39, 0.29) is 16.7 Å². The molecule has 1 aliphatic carbocycles.